The van der Waals surface area contributed by atoms with Crippen LogP contribution in [-0.4, -0.2) is 48.4 Å². The normalized spacial score (nSPS) is 41.6. The number of nitrogens with one attached hydrogen (secondary N) is 1. The summed E-state index contributed by atoms with van der Waals surface area (Å²) in [6.07, 6.45) is -9.81. The zero-order chi connectivity index (χ0) is 51.9. The minimum absolute atomic E-state index is 1.05. The highest BCUT2D eigenvalue weighted by atomic mass is 19.1. The van der Waals surface area contributed by atoms with Crippen molar-refractivity contribution in [3.8, 4) is 5.75 Å². The van der Waals surface area contributed by atoms with Gasteiger partial charge in [-0.05, 0) is 73.9 Å². The van der Waals surface area contributed by atoms with Crippen molar-refractivity contribution in [2.75, 3.05) is 26.5 Å². The summed E-state index contributed by atoms with van der Waals surface area (Å²) in [4.78, 5) is 12.3. The highest BCUT2D eigenvalue weighted by Crippen LogP contribution is 2.19. The van der Waals surface area contributed by atoms with Gasteiger partial charge in [0.15, 0.2) is 1.41 Å². The van der Waals surface area contributed by atoms with Gasteiger partial charge < -0.3 is 19.8 Å². The van der Waals surface area contributed by atoms with Crippen LogP contribution in [0.25, 0.3) is 0 Å². The number of amides is 2. The number of rotatable bonds is 8. The van der Waals surface area contributed by atoms with E-state index in [-0.39, 0.29) is 0 Å². The summed E-state index contributed by atoms with van der Waals surface area (Å²) < 4.78 is 300. The molecule has 0 spiro atoms. The lowest BCUT2D eigenvalue weighted by molar-refractivity contribution is 0.127. The molecule has 1 aliphatic rings. The van der Waals surface area contributed by atoms with E-state index in [1.165, 1.54) is 0 Å². The molecule has 1 heterocycles. The van der Waals surface area contributed by atoms with Crippen LogP contribution in [0, 0.1) is 11.7 Å². The Morgan fingerprint density at radius 2 is 2.03 bits per heavy atom. The van der Waals surface area contributed by atoms with Gasteiger partial charge in [0.1, 0.15) is 11.6 Å². The van der Waals surface area contributed by atoms with Crippen LogP contribution >= 0.6 is 0 Å². The molecule has 0 radical (unpaired) electrons. The largest absolute Gasteiger partial charge is 0.493 e. The Bertz CT molecular complexity index is 2150. The second-order valence-electron chi connectivity index (χ2n) is 5.08. The number of halogens is 1. The zero-order valence-corrected chi connectivity index (χ0v) is 15.0. The van der Waals surface area contributed by atoms with Crippen molar-refractivity contribution in [2.24, 2.45) is 5.89 Å². The van der Waals surface area contributed by atoms with E-state index < -0.39 is 170 Å². The summed E-state index contributed by atoms with van der Waals surface area (Å²) in [5.74, 6) is -8.02. The first-order chi connectivity index (χ1) is 28.3. The SMILES string of the molecule is [2H]c1c([2H])c(C([2H])([2H])N(C(=O)N([2H])C([2H])([2H])c2c([2H])c([2H])c(OC([2H])([2H])C([2H])(C([2H])([2H])[2H])C([2H])([2H])[2H])c([2H])c2[2H])C2([2H])C([2H])([2H])C([2H])([2H])N(C([2H])([2H])[2H])C([2H])([2H])C2([2H])[2H])c([2H])c([2H])c1F. The molecule has 0 atom stereocenters. The fraction of sp³-hybridized carbons (Fsp3) is 0.480. The zero-order valence-electron chi connectivity index (χ0n) is 49.0. The second-order valence-corrected chi connectivity index (χ2v) is 5.08. The molecule has 0 unspecified atom stereocenters. The van der Waals surface area contributed by atoms with E-state index in [2.05, 4.69) is 0 Å². The fourth-order valence-corrected chi connectivity index (χ4v) is 1.72. The predicted octanol–water partition coefficient (Wildman–Crippen LogP) is 4.67. The standard InChI is InChI=1S/C25H34FN3O2/c1-19(2)18-31-24-10-6-20(7-11-24)16-27-25(30)29(23-12-14-28(3)15-13-23)17-21-4-8-22(26)9-5-21/h4-11,19,23H,12-18H2,1-3H3,(H,27,30)/i1D3,2D3,3D3,4D,5D,6D,7D,8D,9D,10D,11D,12D2,13D2,14D2,15D2,16D2,17D2,18D2,19D,23D/hD. The molecule has 3 rings (SSSR count). The lowest BCUT2D eigenvalue weighted by atomic mass is 10.0. The molecule has 2 amide bonds. The predicted molar refractivity (Wildman–Crippen MR) is 121 cm³/mol. The number of hydrogen-bond acceptors (Lipinski definition) is 3. The fourth-order valence-electron chi connectivity index (χ4n) is 1.72. The van der Waals surface area contributed by atoms with Gasteiger partial charge in [0.25, 0.3) is 0 Å². The Hall–Kier alpha value is -2.60. The Morgan fingerprint density at radius 3 is 2.68 bits per heavy atom. The molecule has 168 valence electrons. The van der Waals surface area contributed by atoms with E-state index in [9.17, 15) is 10.6 Å². The molecule has 1 aliphatic heterocycles. The quantitative estimate of drug-likeness (QED) is 0.621. The second kappa shape index (κ2) is 11.1. The molecule has 2 aromatic carbocycles. The molecule has 0 saturated carbocycles. The third kappa shape index (κ3) is 7.24. The van der Waals surface area contributed by atoms with Crippen molar-refractivity contribution >= 4 is 6.03 Å². The number of piperidine rings is 1. The van der Waals surface area contributed by atoms with Crippen LogP contribution in [0.1, 0.15) is 82.8 Å². The van der Waals surface area contributed by atoms with Gasteiger partial charge in [-0.3, -0.25) is 0 Å². The van der Waals surface area contributed by atoms with E-state index in [1.54, 1.807) is 0 Å². The van der Waals surface area contributed by atoms with Crippen molar-refractivity contribution in [1.82, 2.24) is 15.1 Å². The van der Waals surface area contributed by atoms with Gasteiger partial charge >= 0.3 is 6.03 Å². The van der Waals surface area contributed by atoms with Crippen LogP contribution in [0.15, 0.2) is 48.3 Å². The van der Waals surface area contributed by atoms with E-state index in [0.29, 0.717) is 0 Å². The van der Waals surface area contributed by atoms with Crippen molar-refractivity contribution in [1.29, 1.82) is 0 Å². The van der Waals surface area contributed by atoms with Crippen LogP contribution in [0.3, 0.4) is 0 Å². The highest BCUT2D eigenvalue weighted by molar-refractivity contribution is 5.74. The smallest absolute Gasteiger partial charge is 0.318 e. The average molecular weight is 462 g/mol. The van der Waals surface area contributed by atoms with Gasteiger partial charge in [0.05, 0.1) is 27.1 Å². The minimum atomic E-state index is -5.14. The van der Waals surface area contributed by atoms with Gasteiger partial charge in [-0.2, -0.15) is 0 Å². The first-order valence-electron chi connectivity index (χ1n) is 24.8. The topological polar surface area (TPSA) is 44.8 Å². The highest BCUT2D eigenvalue weighted by Gasteiger charge is 2.27. The van der Waals surface area contributed by atoms with Gasteiger partial charge in [-0.1, -0.05) is 37.9 Å². The number of nitrogens with zero attached hydrogens (tertiary/aromatic N) is 2. The number of urea groups is 1. The van der Waals surface area contributed by atoms with Gasteiger partial charge in [0, 0.05) is 43.7 Å². The van der Waals surface area contributed by atoms with Crippen LogP contribution < -0.4 is 10.0 Å². The molecule has 1 fully saturated rings. The summed E-state index contributed by atoms with van der Waals surface area (Å²) in [7, 11) is 0. The third-order valence-electron chi connectivity index (χ3n) is 2.93. The molecule has 1 N–H and O–H groups in total. The van der Waals surface area contributed by atoms with Crippen molar-refractivity contribution in [2.45, 2.75) is 45.5 Å². The number of likely N-dealkylation sites (tertiary alicyclic amines) is 1. The van der Waals surface area contributed by atoms with E-state index in [0.717, 1.165) is 0 Å². The summed E-state index contributed by atoms with van der Waals surface area (Å²) in [5.41, 5.74) is -3.86. The molecule has 31 heavy (non-hydrogen) atoms. The molecular weight excluding hydrogens is 393 g/mol. The Kier molecular flexibility index (Phi) is 1.85. The summed E-state index contributed by atoms with van der Waals surface area (Å²) in [6.45, 7) is -35.2. The van der Waals surface area contributed by atoms with Crippen LogP contribution in [0.4, 0.5) is 9.18 Å². The molecule has 6 heteroatoms. The number of hydrogen-bond donors (Lipinski definition) is 1. The van der Waals surface area contributed by atoms with Crippen LogP contribution in [0.5, 0.6) is 5.75 Å². The van der Waals surface area contributed by atoms with Gasteiger partial charge in [-0.15, -0.1) is 0 Å². The summed E-state index contributed by atoms with van der Waals surface area (Å²) >= 11 is 0. The lowest BCUT2D eigenvalue weighted by Gasteiger charge is -2.37. The molecule has 5 nitrogen and oxygen atoms in total. The number of carbonyl (C=O) groups is 1. The van der Waals surface area contributed by atoms with Crippen molar-refractivity contribution in [3.63, 3.8) is 0 Å². The first kappa shape index (κ1) is 5.14. The molecule has 0 aliphatic carbocycles. The Labute approximate surface area is 233 Å². The third-order valence-corrected chi connectivity index (χ3v) is 2.93. The maximum absolute atomic E-state index is 14.7. The van der Waals surface area contributed by atoms with Crippen molar-refractivity contribution in [3.05, 3.63) is 65.3 Å². The summed E-state index contributed by atoms with van der Waals surface area (Å²) in [6, 6.07) is -22.7. The summed E-state index contributed by atoms with van der Waals surface area (Å²) in [5, 5.41) is -1.32. The first-order valence-corrected chi connectivity index (χ1v) is 7.84. The van der Waals surface area contributed by atoms with Gasteiger partial charge in [-0.25, -0.2) is 9.18 Å². The Balaban J connectivity index is 2.56. The molecule has 0 bridgehead atoms. The lowest BCUT2D eigenvalue weighted by Crippen LogP contribution is -2.49. The van der Waals surface area contributed by atoms with Crippen LogP contribution in [-0.2, 0) is 13.0 Å². The average Bonchev–Trinajstić information content (AvgIpc) is 3.10. The molecule has 0 aromatic heterocycles. The monoisotopic (exact) mass is 461 g/mol. The van der Waals surface area contributed by atoms with Gasteiger partial charge in [0.2, 0.25) is 0 Å². The van der Waals surface area contributed by atoms with Crippen LogP contribution in [0.2, 0.25) is 1.41 Å². The maximum atomic E-state index is 14.7. The molecule has 1 saturated heterocycles. The van der Waals surface area contributed by atoms with Crippen molar-refractivity contribution < 1.29 is 60.6 Å². The minimum Gasteiger partial charge on any atom is -0.493 e. The number of ether oxygens (including phenoxy) is 1. The molecule has 2 aromatic rings. The van der Waals surface area contributed by atoms with E-state index in [1.807, 2.05) is 0 Å². The number of benzene rings is 2. The number of carbonyl (C=O) groups excluding carboxylic acids is 1. The Morgan fingerprint density at radius 1 is 1.35 bits per heavy atom. The maximum Gasteiger partial charge on any atom is 0.318 e. The molecular formula is C25H34FN3O2. The van der Waals surface area contributed by atoms with E-state index >= 15 is 0 Å². The van der Waals surface area contributed by atoms with E-state index in [4.69, 9.17) is 50.0 Å².